The number of ketones is 1. The lowest BCUT2D eigenvalue weighted by molar-refractivity contribution is 0.0946. The molecule has 0 unspecified atom stereocenters. The first kappa shape index (κ1) is 19.5. The van der Waals surface area contributed by atoms with E-state index in [2.05, 4.69) is 15.6 Å². The van der Waals surface area contributed by atoms with Crippen LogP contribution in [0.1, 0.15) is 33.3 Å². The zero-order valence-electron chi connectivity index (χ0n) is 16.0. The highest BCUT2D eigenvalue weighted by molar-refractivity contribution is 7.13. The van der Waals surface area contributed by atoms with Crippen LogP contribution in [0.4, 0.5) is 10.8 Å². The van der Waals surface area contributed by atoms with E-state index in [9.17, 15) is 14.4 Å². The number of thiazole rings is 1. The molecule has 4 aromatic rings. The third-order valence-electron chi connectivity index (χ3n) is 4.41. The van der Waals surface area contributed by atoms with Crippen molar-refractivity contribution < 1.29 is 14.0 Å². The Kier molecular flexibility index (Phi) is 5.40. The van der Waals surface area contributed by atoms with E-state index in [0.29, 0.717) is 27.4 Å². The van der Waals surface area contributed by atoms with Crippen molar-refractivity contribution in [2.75, 3.05) is 5.32 Å². The van der Waals surface area contributed by atoms with Gasteiger partial charge in [0.15, 0.2) is 10.9 Å². The van der Waals surface area contributed by atoms with Gasteiger partial charge in [-0.05, 0) is 43.3 Å². The van der Waals surface area contributed by atoms with Crippen LogP contribution in [0.2, 0.25) is 0 Å². The van der Waals surface area contributed by atoms with Gasteiger partial charge in [-0.25, -0.2) is 9.78 Å². The second-order valence-electron chi connectivity index (χ2n) is 6.57. The van der Waals surface area contributed by atoms with Gasteiger partial charge in [0.25, 0.3) is 5.91 Å². The van der Waals surface area contributed by atoms with E-state index >= 15 is 0 Å². The fourth-order valence-corrected chi connectivity index (χ4v) is 3.57. The van der Waals surface area contributed by atoms with Crippen LogP contribution in [0.25, 0.3) is 11.0 Å². The van der Waals surface area contributed by atoms with Crippen molar-refractivity contribution in [3.8, 4) is 0 Å². The number of carbonyl (C=O) groups excluding carboxylic acids is 2. The van der Waals surface area contributed by atoms with E-state index in [1.54, 1.807) is 42.5 Å². The Morgan fingerprint density at radius 1 is 1.10 bits per heavy atom. The third-order valence-corrected chi connectivity index (χ3v) is 5.22. The zero-order chi connectivity index (χ0) is 21.1. The summed E-state index contributed by atoms with van der Waals surface area (Å²) in [7, 11) is 0. The molecule has 0 aliphatic carbocycles. The van der Waals surface area contributed by atoms with Crippen molar-refractivity contribution in [1.29, 1.82) is 0 Å². The molecule has 0 spiro atoms. The maximum Gasteiger partial charge on any atom is 0.349 e. The highest BCUT2D eigenvalue weighted by Gasteiger charge is 2.14. The number of nitrogens with zero attached hydrogens (tertiary/aromatic N) is 1. The summed E-state index contributed by atoms with van der Waals surface area (Å²) in [6, 6.07) is 15.6. The summed E-state index contributed by atoms with van der Waals surface area (Å²) in [5.41, 5.74) is 1.81. The van der Waals surface area contributed by atoms with Crippen LogP contribution >= 0.6 is 11.3 Å². The number of benzene rings is 2. The smallest absolute Gasteiger partial charge is 0.349 e. The van der Waals surface area contributed by atoms with Crippen LogP contribution in [-0.4, -0.2) is 16.7 Å². The van der Waals surface area contributed by atoms with E-state index in [4.69, 9.17) is 4.42 Å². The highest BCUT2D eigenvalue weighted by atomic mass is 32.1. The number of anilines is 2. The van der Waals surface area contributed by atoms with Crippen LogP contribution in [0, 0.1) is 0 Å². The molecule has 0 fully saturated rings. The number of hydrogen-bond donors (Lipinski definition) is 2. The number of aromatic nitrogens is 1. The molecule has 0 saturated heterocycles. The summed E-state index contributed by atoms with van der Waals surface area (Å²) in [5.74, 6) is -0.508. The summed E-state index contributed by atoms with van der Waals surface area (Å²) in [6.45, 7) is 1.69. The van der Waals surface area contributed by atoms with Gasteiger partial charge in [-0.3, -0.25) is 9.59 Å². The molecular weight excluding hydrogens is 402 g/mol. The lowest BCUT2D eigenvalue weighted by atomic mass is 10.1. The quantitative estimate of drug-likeness (QED) is 0.360. The molecule has 0 aliphatic heterocycles. The molecule has 4 rings (SSSR count). The van der Waals surface area contributed by atoms with Gasteiger partial charge in [-0.15, -0.1) is 11.3 Å². The molecule has 0 aliphatic rings. The van der Waals surface area contributed by atoms with Crippen LogP contribution < -0.4 is 16.3 Å². The van der Waals surface area contributed by atoms with Gasteiger partial charge in [-0.1, -0.05) is 18.2 Å². The molecule has 1 amide bonds. The minimum atomic E-state index is -0.680. The average Bonchev–Trinajstić information content (AvgIpc) is 3.19. The monoisotopic (exact) mass is 419 g/mol. The van der Waals surface area contributed by atoms with Gasteiger partial charge in [-0.2, -0.15) is 0 Å². The molecular formula is C22H17N3O4S. The Morgan fingerprint density at radius 3 is 2.63 bits per heavy atom. The fraction of sp³-hybridized carbons (Fsp3) is 0.0909. The van der Waals surface area contributed by atoms with Crippen molar-refractivity contribution in [2.24, 2.45) is 0 Å². The Labute approximate surface area is 175 Å². The van der Waals surface area contributed by atoms with E-state index in [1.165, 1.54) is 24.3 Å². The van der Waals surface area contributed by atoms with Crippen LogP contribution in [-0.2, 0) is 6.54 Å². The molecule has 0 radical (unpaired) electrons. The van der Waals surface area contributed by atoms with E-state index in [-0.39, 0.29) is 17.9 Å². The first-order chi connectivity index (χ1) is 14.5. The number of Topliss-reactive ketones (excluding diaryl/α,β-unsaturated/α-hetero) is 1. The summed E-state index contributed by atoms with van der Waals surface area (Å²) in [4.78, 5) is 40.3. The first-order valence-electron chi connectivity index (χ1n) is 9.13. The van der Waals surface area contributed by atoms with Crippen LogP contribution in [0.5, 0.6) is 0 Å². The molecule has 2 aromatic heterocycles. The average molecular weight is 419 g/mol. The zero-order valence-corrected chi connectivity index (χ0v) is 16.8. The third kappa shape index (κ3) is 4.28. The predicted molar refractivity (Wildman–Crippen MR) is 115 cm³/mol. The lowest BCUT2D eigenvalue weighted by Crippen LogP contribution is -2.27. The number of nitrogens with one attached hydrogen (secondary N) is 2. The van der Waals surface area contributed by atoms with E-state index in [0.717, 1.165) is 5.69 Å². The molecule has 7 nitrogen and oxygen atoms in total. The number of rotatable bonds is 6. The van der Waals surface area contributed by atoms with Gasteiger partial charge in [0.05, 0.1) is 12.2 Å². The number of hydrogen-bond acceptors (Lipinski definition) is 7. The fourth-order valence-electron chi connectivity index (χ4n) is 2.84. The molecule has 0 atom stereocenters. The molecule has 150 valence electrons. The van der Waals surface area contributed by atoms with E-state index < -0.39 is 11.5 Å². The minimum Gasteiger partial charge on any atom is -0.422 e. The Bertz CT molecular complexity index is 1290. The number of carbonyl (C=O) groups is 2. The van der Waals surface area contributed by atoms with Gasteiger partial charge in [0, 0.05) is 22.0 Å². The summed E-state index contributed by atoms with van der Waals surface area (Å²) < 4.78 is 5.20. The summed E-state index contributed by atoms with van der Waals surface area (Å²) in [6.07, 6.45) is 0. The van der Waals surface area contributed by atoms with Gasteiger partial charge in [0.1, 0.15) is 11.1 Å². The van der Waals surface area contributed by atoms with Crippen LogP contribution in [0.15, 0.2) is 69.2 Å². The summed E-state index contributed by atoms with van der Waals surface area (Å²) in [5, 5.41) is 9.00. The highest BCUT2D eigenvalue weighted by Crippen LogP contribution is 2.21. The standard InChI is InChI=1S/C22H17N3O4S/c1-13(26)14-6-8-16(9-7-14)24-22-25-17(12-30-22)11-23-20(27)18-10-15-4-2-3-5-19(15)29-21(18)28/h2-10,12H,11H2,1H3,(H,23,27)(H,24,25). The van der Waals surface area contributed by atoms with Crippen molar-refractivity contribution in [3.05, 3.63) is 87.2 Å². The normalized spacial score (nSPS) is 10.7. The molecule has 8 heteroatoms. The molecule has 2 aromatic carbocycles. The Balaban J connectivity index is 1.40. The van der Waals surface area contributed by atoms with E-state index in [1.807, 2.05) is 11.4 Å². The van der Waals surface area contributed by atoms with Crippen molar-refractivity contribution in [1.82, 2.24) is 10.3 Å². The van der Waals surface area contributed by atoms with Crippen molar-refractivity contribution >= 4 is 44.8 Å². The van der Waals surface area contributed by atoms with Gasteiger partial charge < -0.3 is 15.1 Å². The molecule has 30 heavy (non-hydrogen) atoms. The Morgan fingerprint density at radius 2 is 1.87 bits per heavy atom. The minimum absolute atomic E-state index is 0.00859. The maximum atomic E-state index is 12.4. The SMILES string of the molecule is CC(=O)c1ccc(Nc2nc(CNC(=O)c3cc4ccccc4oc3=O)cs2)cc1. The summed E-state index contributed by atoms with van der Waals surface area (Å²) >= 11 is 1.39. The topological polar surface area (TPSA) is 101 Å². The lowest BCUT2D eigenvalue weighted by Gasteiger charge is -2.04. The van der Waals surface area contributed by atoms with Crippen molar-refractivity contribution in [2.45, 2.75) is 13.5 Å². The van der Waals surface area contributed by atoms with Crippen molar-refractivity contribution in [3.63, 3.8) is 0 Å². The second-order valence-corrected chi connectivity index (χ2v) is 7.43. The maximum absolute atomic E-state index is 12.4. The number of amides is 1. The van der Waals surface area contributed by atoms with Gasteiger partial charge in [0.2, 0.25) is 0 Å². The molecule has 2 heterocycles. The Hall–Kier alpha value is -3.78. The van der Waals surface area contributed by atoms with Crippen LogP contribution in [0.3, 0.4) is 0 Å². The largest absolute Gasteiger partial charge is 0.422 e. The van der Waals surface area contributed by atoms with Gasteiger partial charge >= 0.3 is 5.63 Å². The number of fused-ring (bicyclic) bond motifs is 1. The molecule has 0 saturated carbocycles. The number of para-hydroxylation sites is 1. The predicted octanol–water partition coefficient (Wildman–Crippen LogP) is 4.13. The first-order valence-corrected chi connectivity index (χ1v) is 10.0. The second kappa shape index (κ2) is 8.30. The molecule has 2 N–H and O–H groups in total. The molecule has 0 bridgehead atoms.